The van der Waals surface area contributed by atoms with Crippen LogP contribution in [0.3, 0.4) is 0 Å². The van der Waals surface area contributed by atoms with E-state index in [-0.39, 0.29) is 11.8 Å². The van der Waals surface area contributed by atoms with E-state index in [2.05, 4.69) is 15.6 Å². The average molecular weight is 321 g/mol. The fraction of sp³-hybridized carbons (Fsp3) is 0.158. The lowest BCUT2D eigenvalue weighted by Gasteiger charge is -2.07. The summed E-state index contributed by atoms with van der Waals surface area (Å²) in [6.07, 6.45) is 0. The zero-order valence-corrected chi connectivity index (χ0v) is 13.9. The molecule has 122 valence electrons. The molecule has 1 heterocycles. The van der Waals surface area contributed by atoms with E-state index in [9.17, 15) is 9.59 Å². The number of fused-ring (bicyclic) bond motifs is 1. The number of H-pyrrole nitrogens is 1. The second-order valence-corrected chi connectivity index (χ2v) is 5.82. The second-order valence-electron chi connectivity index (χ2n) is 5.82. The highest BCUT2D eigenvalue weighted by molar-refractivity contribution is 6.15. The minimum Gasteiger partial charge on any atom is -0.354 e. The summed E-state index contributed by atoms with van der Waals surface area (Å²) in [6, 6.07) is 13.1. The number of aromatic amines is 1. The zero-order chi connectivity index (χ0) is 17.3. The lowest BCUT2D eigenvalue weighted by Crippen LogP contribution is -2.21. The summed E-state index contributed by atoms with van der Waals surface area (Å²) in [5, 5.41) is 6.29. The molecular weight excluding hydrogens is 302 g/mol. The van der Waals surface area contributed by atoms with Crippen LogP contribution in [0.25, 0.3) is 10.9 Å². The molecule has 0 aliphatic rings. The van der Waals surface area contributed by atoms with Gasteiger partial charge in [-0.25, -0.2) is 0 Å². The number of carbonyl (C=O) groups excluding carboxylic acids is 2. The molecule has 3 rings (SSSR count). The van der Waals surface area contributed by atoms with E-state index >= 15 is 0 Å². The van der Waals surface area contributed by atoms with Gasteiger partial charge in [-0.15, -0.1) is 0 Å². The molecule has 0 saturated carbocycles. The molecule has 1 aromatic heterocycles. The Morgan fingerprint density at radius 3 is 2.25 bits per heavy atom. The summed E-state index contributed by atoms with van der Waals surface area (Å²) in [6.45, 7) is 3.94. The second kappa shape index (κ2) is 6.20. The number of hydrogen-bond acceptors (Lipinski definition) is 2. The maximum Gasteiger partial charge on any atom is 0.269 e. The number of nitrogens with one attached hydrogen (secondary N) is 3. The first-order chi connectivity index (χ1) is 11.5. The predicted octanol–water partition coefficient (Wildman–Crippen LogP) is 3.40. The number of aromatic nitrogens is 1. The van der Waals surface area contributed by atoms with Crippen molar-refractivity contribution < 1.29 is 9.59 Å². The summed E-state index contributed by atoms with van der Waals surface area (Å²) in [5.74, 6) is -0.523. The molecule has 3 aromatic rings. The number of carbonyl (C=O) groups is 2. The van der Waals surface area contributed by atoms with E-state index in [0.29, 0.717) is 16.9 Å². The van der Waals surface area contributed by atoms with Crippen molar-refractivity contribution in [3.05, 3.63) is 64.8 Å². The van der Waals surface area contributed by atoms with Crippen molar-refractivity contribution in [2.75, 3.05) is 12.4 Å². The third-order valence-corrected chi connectivity index (χ3v) is 3.96. The molecule has 2 amide bonds. The van der Waals surface area contributed by atoms with Crippen LogP contribution in [0.5, 0.6) is 0 Å². The molecule has 0 atom stereocenters. The van der Waals surface area contributed by atoms with Gasteiger partial charge in [0.05, 0.1) is 5.69 Å². The summed E-state index contributed by atoms with van der Waals surface area (Å²) in [4.78, 5) is 27.8. The van der Waals surface area contributed by atoms with Crippen molar-refractivity contribution in [3.63, 3.8) is 0 Å². The van der Waals surface area contributed by atoms with Crippen LogP contribution in [-0.2, 0) is 0 Å². The number of hydrogen-bond donors (Lipinski definition) is 3. The van der Waals surface area contributed by atoms with Gasteiger partial charge in [0, 0.05) is 23.5 Å². The van der Waals surface area contributed by atoms with E-state index in [1.807, 2.05) is 44.2 Å². The van der Waals surface area contributed by atoms with Crippen molar-refractivity contribution in [3.8, 4) is 0 Å². The van der Waals surface area contributed by atoms with Crippen molar-refractivity contribution in [2.24, 2.45) is 0 Å². The number of amides is 2. The van der Waals surface area contributed by atoms with Crippen molar-refractivity contribution in [1.29, 1.82) is 0 Å². The molecule has 0 aliphatic carbocycles. The molecular formula is C19H19N3O2. The summed E-state index contributed by atoms with van der Waals surface area (Å²) in [5.41, 5.74) is 4.33. The highest BCUT2D eigenvalue weighted by Gasteiger charge is 2.19. The number of benzene rings is 2. The maximum absolute atomic E-state index is 12.6. The van der Waals surface area contributed by atoms with Gasteiger partial charge >= 0.3 is 0 Å². The normalized spacial score (nSPS) is 10.6. The Kier molecular flexibility index (Phi) is 4.08. The van der Waals surface area contributed by atoms with Crippen LogP contribution in [0.1, 0.15) is 32.0 Å². The number of anilines is 1. The fourth-order valence-corrected chi connectivity index (χ4v) is 2.62. The Hall–Kier alpha value is -3.08. The SMILES string of the molecule is CNC(=O)c1[nH]c2ccc(C)cc2c1NC(=O)c1ccc(C)cc1. The van der Waals surface area contributed by atoms with Crippen LogP contribution >= 0.6 is 0 Å². The smallest absolute Gasteiger partial charge is 0.269 e. The van der Waals surface area contributed by atoms with Crippen LogP contribution in [0.4, 0.5) is 5.69 Å². The number of rotatable bonds is 3. The Labute approximate surface area is 140 Å². The van der Waals surface area contributed by atoms with Gasteiger partial charge in [-0.1, -0.05) is 29.3 Å². The zero-order valence-electron chi connectivity index (χ0n) is 13.9. The quantitative estimate of drug-likeness (QED) is 0.692. The molecule has 0 saturated heterocycles. The van der Waals surface area contributed by atoms with Crippen LogP contribution < -0.4 is 10.6 Å². The van der Waals surface area contributed by atoms with Gasteiger partial charge in [-0.3, -0.25) is 9.59 Å². The molecule has 2 aromatic carbocycles. The third-order valence-electron chi connectivity index (χ3n) is 3.96. The Balaban J connectivity index is 2.06. The summed E-state index contributed by atoms with van der Waals surface area (Å²) < 4.78 is 0. The topological polar surface area (TPSA) is 74.0 Å². The number of aryl methyl sites for hydroxylation is 2. The van der Waals surface area contributed by atoms with Crippen LogP contribution in [0, 0.1) is 13.8 Å². The molecule has 0 fully saturated rings. The van der Waals surface area contributed by atoms with Crippen LogP contribution in [0.15, 0.2) is 42.5 Å². The first-order valence-corrected chi connectivity index (χ1v) is 7.72. The average Bonchev–Trinajstić information content (AvgIpc) is 2.92. The van der Waals surface area contributed by atoms with Crippen LogP contribution in [0.2, 0.25) is 0 Å². The first kappa shape index (κ1) is 15.8. The molecule has 3 N–H and O–H groups in total. The molecule has 5 heteroatoms. The van der Waals surface area contributed by atoms with Gasteiger partial charge in [-0.05, 0) is 38.1 Å². The monoisotopic (exact) mass is 321 g/mol. The van der Waals surface area contributed by atoms with Gasteiger partial charge in [0.15, 0.2) is 0 Å². The molecule has 0 unspecified atom stereocenters. The van der Waals surface area contributed by atoms with Gasteiger partial charge in [-0.2, -0.15) is 0 Å². The highest BCUT2D eigenvalue weighted by Crippen LogP contribution is 2.29. The van der Waals surface area contributed by atoms with E-state index < -0.39 is 0 Å². The van der Waals surface area contributed by atoms with Gasteiger partial charge in [0.2, 0.25) is 0 Å². The van der Waals surface area contributed by atoms with Crippen LogP contribution in [-0.4, -0.2) is 23.8 Å². The minimum atomic E-state index is -0.275. The van der Waals surface area contributed by atoms with Crippen molar-refractivity contribution in [1.82, 2.24) is 10.3 Å². The molecule has 5 nitrogen and oxygen atoms in total. The Bertz CT molecular complexity index is 924. The van der Waals surface area contributed by atoms with E-state index in [0.717, 1.165) is 22.0 Å². The van der Waals surface area contributed by atoms with E-state index in [1.165, 1.54) is 0 Å². The standard InChI is InChI=1S/C19H19N3O2/c1-11-4-7-13(8-5-11)18(23)22-16-14-10-12(2)6-9-15(14)21-17(16)19(24)20-3/h4-10,21H,1-3H3,(H,20,24)(H,22,23). The molecule has 0 aliphatic heterocycles. The molecule has 0 bridgehead atoms. The van der Waals surface area contributed by atoms with Gasteiger partial charge in [0.1, 0.15) is 5.69 Å². The molecule has 0 spiro atoms. The van der Waals surface area contributed by atoms with Crippen molar-refractivity contribution >= 4 is 28.4 Å². The minimum absolute atomic E-state index is 0.248. The Morgan fingerprint density at radius 1 is 0.917 bits per heavy atom. The highest BCUT2D eigenvalue weighted by atomic mass is 16.2. The lowest BCUT2D eigenvalue weighted by atomic mass is 10.1. The summed E-state index contributed by atoms with van der Waals surface area (Å²) in [7, 11) is 1.56. The first-order valence-electron chi connectivity index (χ1n) is 7.72. The van der Waals surface area contributed by atoms with Crippen molar-refractivity contribution in [2.45, 2.75) is 13.8 Å². The predicted molar refractivity (Wildman–Crippen MR) is 95.6 cm³/mol. The maximum atomic E-state index is 12.6. The largest absolute Gasteiger partial charge is 0.354 e. The van der Waals surface area contributed by atoms with E-state index in [1.54, 1.807) is 19.2 Å². The Morgan fingerprint density at radius 2 is 1.58 bits per heavy atom. The fourth-order valence-electron chi connectivity index (χ4n) is 2.62. The van der Waals surface area contributed by atoms with Gasteiger partial charge in [0.25, 0.3) is 11.8 Å². The summed E-state index contributed by atoms with van der Waals surface area (Å²) >= 11 is 0. The molecule has 0 radical (unpaired) electrons. The lowest BCUT2D eigenvalue weighted by molar-refractivity contribution is 0.0960. The third kappa shape index (κ3) is 2.88. The van der Waals surface area contributed by atoms with Gasteiger partial charge < -0.3 is 15.6 Å². The van der Waals surface area contributed by atoms with E-state index in [4.69, 9.17) is 0 Å². The molecule has 24 heavy (non-hydrogen) atoms.